The molecule has 1 unspecified atom stereocenters. The second kappa shape index (κ2) is 6.69. The van der Waals surface area contributed by atoms with E-state index in [1.807, 2.05) is 30.3 Å². The van der Waals surface area contributed by atoms with E-state index in [4.69, 9.17) is 5.73 Å². The van der Waals surface area contributed by atoms with Crippen LogP contribution in [0.2, 0.25) is 0 Å². The molecule has 0 heterocycles. The van der Waals surface area contributed by atoms with Gasteiger partial charge in [0.2, 0.25) is 0 Å². The molecule has 0 aliphatic rings. The van der Waals surface area contributed by atoms with Gasteiger partial charge in [0.05, 0.1) is 6.10 Å². The molecule has 0 saturated heterocycles. The van der Waals surface area contributed by atoms with E-state index in [2.05, 4.69) is 38.1 Å². The van der Waals surface area contributed by atoms with Gasteiger partial charge < -0.3 is 10.8 Å². The Morgan fingerprint density at radius 2 is 1.60 bits per heavy atom. The van der Waals surface area contributed by atoms with Crippen molar-refractivity contribution >= 4 is 0 Å². The maximum Gasteiger partial charge on any atom is 0.0943 e. The van der Waals surface area contributed by atoms with Crippen LogP contribution in [0.3, 0.4) is 0 Å². The molecule has 2 aromatic rings. The van der Waals surface area contributed by atoms with E-state index < -0.39 is 6.10 Å². The van der Waals surface area contributed by atoms with Crippen LogP contribution in [0.4, 0.5) is 0 Å². The molecule has 3 N–H and O–H groups in total. The van der Waals surface area contributed by atoms with Gasteiger partial charge in [-0.1, -0.05) is 67.1 Å². The first-order valence-electron chi connectivity index (χ1n) is 7.12. The normalized spacial score (nSPS) is 15.6. The molecule has 20 heavy (non-hydrogen) atoms. The van der Waals surface area contributed by atoms with E-state index in [-0.39, 0.29) is 12.0 Å². The van der Waals surface area contributed by atoms with Crippen molar-refractivity contribution in [1.29, 1.82) is 0 Å². The molecule has 0 bridgehead atoms. The quantitative estimate of drug-likeness (QED) is 0.875. The monoisotopic (exact) mass is 269 g/mol. The van der Waals surface area contributed by atoms with Gasteiger partial charge in [0.1, 0.15) is 0 Å². The largest absolute Gasteiger partial charge is 0.387 e. The molecule has 2 nitrogen and oxygen atoms in total. The number of benzene rings is 2. The van der Waals surface area contributed by atoms with Gasteiger partial charge in [-0.3, -0.25) is 0 Å². The molecule has 0 radical (unpaired) electrons. The van der Waals surface area contributed by atoms with Crippen molar-refractivity contribution in [3.8, 4) is 0 Å². The number of aryl methyl sites for hydroxylation is 1. The third-order valence-electron chi connectivity index (χ3n) is 3.84. The Kier molecular flexibility index (Phi) is 4.94. The minimum Gasteiger partial charge on any atom is -0.387 e. The van der Waals surface area contributed by atoms with Gasteiger partial charge in [-0.25, -0.2) is 0 Å². The van der Waals surface area contributed by atoms with Crippen molar-refractivity contribution in [2.24, 2.45) is 11.7 Å². The van der Waals surface area contributed by atoms with Crippen LogP contribution in [-0.4, -0.2) is 11.1 Å². The zero-order valence-electron chi connectivity index (χ0n) is 12.2. The van der Waals surface area contributed by atoms with Crippen molar-refractivity contribution in [1.82, 2.24) is 0 Å². The van der Waals surface area contributed by atoms with Crippen LogP contribution >= 0.6 is 0 Å². The highest BCUT2D eigenvalue weighted by molar-refractivity contribution is 5.23. The summed E-state index contributed by atoms with van der Waals surface area (Å²) in [4.78, 5) is 0. The smallest absolute Gasteiger partial charge is 0.0943 e. The molecule has 2 rings (SSSR count). The number of rotatable bonds is 5. The first-order chi connectivity index (χ1) is 9.58. The molecule has 0 saturated carbocycles. The van der Waals surface area contributed by atoms with Crippen LogP contribution in [0.15, 0.2) is 54.6 Å². The Hall–Kier alpha value is -1.64. The van der Waals surface area contributed by atoms with E-state index in [1.54, 1.807) is 0 Å². The minimum absolute atomic E-state index is 0.216. The molecule has 106 valence electrons. The van der Waals surface area contributed by atoms with Gasteiger partial charge in [0.15, 0.2) is 0 Å². The summed E-state index contributed by atoms with van der Waals surface area (Å²) in [5.41, 5.74) is 9.63. The summed E-state index contributed by atoms with van der Waals surface area (Å²) in [5.74, 6) is 0.216. The van der Waals surface area contributed by atoms with Gasteiger partial charge >= 0.3 is 0 Å². The fraction of sp³-hybridized carbons (Fsp3) is 0.333. The van der Waals surface area contributed by atoms with Crippen molar-refractivity contribution in [2.75, 3.05) is 0 Å². The Bertz CT molecular complexity index is 521. The number of aliphatic hydroxyl groups is 1. The van der Waals surface area contributed by atoms with Crippen molar-refractivity contribution < 1.29 is 5.11 Å². The van der Waals surface area contributed by atoms with E-state index in [0.29, 0.717) is 0 Å². The average molecular weight is 269 g/mol. The van der Waals surface area contributed by atoms with Crippen LogP contribution < -0.4 is 5.73 Å². The first kappa shape index (κ1) is 14.8. The summed E-state index contributed by atoms with van der Waals surface area (Å²) in [6.45, 7) is 4.18. The summed E-state index contributed by atoms with van der Waals surface area (Å²) >= 11 is 0. The van der Waals surface area contributed by atoms with Crippen LogP contribution in [0.25, 0.3) is 0 Å². The standard InChI is InChI=1S/C18H23NO/c1-13-8-10-15(11-9-13)12-14(2)17(19)18(20)16-6-4-3-5-7-16/h3-11,14,17-18,20H,12,19H2,1-2H3/t14?,17-,18-/m1/s1. The van der Waals surface area contributed by atoms with E-state index in [1.165, 1.54) is 11.1 Å². The molecule has 2 heteroatoms. The summed E-state index contributed by atoms with van der Waals surface area (Å²) in [7, 11) is 0. The molecule has 0 amide bonds. The van der Waals surface area contributed by atoms with Gasteiger partial charge in [-0.05, 0) is 30.4 Å². The molecule has 0 spiro atoms. The summed E-state index contributed by atoms with van der Waals surface area (Å²) in [6, 6.07) is 17.9. The molecule has 0 aliphatic heterocycles. The third kappa shape index (κ3) is 3.69. The fourth-order valence-electron chi connectivity index (χ4n) is 2.42. The maximum atomic E-state index is 10.4. The SMILES string of the molecule is Cc1ccc(CC(C)[C@@H](N)[C@H](O)c2ccccc2)cc1. The number of aliphatic hydroxyl groups excluding tert-OH is 1. The summed E-state index contributed by atoms with van der Waals surface area (Å²) < 4.78 is 0. The molecule has 3 atom stereocenters. The Morgan fingerprint density at radius 1 is 1.00 bits per heavy atom. The number of nitrogens with two attached hydrogens (primary N) is 1. The summed E-state index contributed by atoms with van der Waals surface area (Å²) in [5, 5.41) is 10.4. The molecular weight excluding hydrogens is 246 g/mol. The van der Waals surface area contributed by atoms with E-state index in [9.17, 15) is 5.11 Å². The van der Waals surface area contributed by atoms with Crippen LogP contribution in [0.5, 0.6) is 0 Å². The Labute approximate surface area is 121 Å². The number of hydrogen-bond acceptors (Lipinski definition) is 2. The minimum atomic E-state index is -0.614. The fourth-order valence-corrected chi connectivity index (χ4v) is 2.42. The Morgan fingerprint density at radius 3 is 2.20 bits per heavy atom. The molecule has 0 aliphatic carbocycles. The predicted molar refractivity (Wildman–Crippen MR) is 83.4 cm³/mol. The second-order valence-corrected chi connectivity index (χ2v) is 5.60. The second-order valence-electron chi connectivity index (χ2n) is 5.60. The topological polar surface area (TPSA) is 46.2 Å². The lowest BCUT2D eigenvalue weighted by atomic mass is 9.88. The van der Waals surface area contributed by atoms with Gasteiger partial charge in [0.25, 0.3) is 0 Å². The third-order valence-corrected chi connectivity index (χ3v) is 3.84. The first-order valence-corrected chi connectivity index (χ1v) is 7.12. The summed E-state index contributed by atoms with van der Waals surface area (Å²) in [6.07, 6.45) is 0.266. The average Bonchev–Trinajstić information content (AvgIpc) is 2.49. The van der Waals surface area contributed by atoms with Crippen LogP contribution in [0, 0.1) is 12.8 Å². The molecule has 2 aromatic carbocycles. The van der Waals surface area contributed by atoms with Crippen LogP contribution in [0.1, 0.15) is 29.7 Å². The molecular formula is C18H23NO. The number of hydrogen-bond donors (Lipinski definition) is 2. The molecule has 0 fully saturated rings. The maximum absolute atomic E-state index is 10.4. The highest BCUT2D eigenvalue weighted by atomic mass is 16.3. The lowest BCUT2D eigenvalue weighted by Gasteiger charge is -2.25. The zero-order chi connectivity index (χ0) is 14.5. The van der Waals surface area contributed by atoms with E-state index in [0.717, 1.165) is 12.0 Å². The lowest BCUT2D eigenvalue weighted by molar-refractivity contribution is 0.121. The van der Waals surface area contributed by atoms with Crippen molar-refractivity contribution in [2.45, 2.75) is 32.4 Å². The highest BCUT2D eigenvalue weighted by Gasteiger charge is 2.22. The van der Waals surface area contributed by atoms with Gasteiger partial charge in [-0.15, -0.1) is 0 Å². The van der Waals surface area contributed by atoms with E-state index >= 15 is 0 Å². The van der Waals surface area contributed by atoms with Crippen LogP contribution in [-0.2, 0) is 6.42 Å². The molecule has 0 aromatic heterocycles. The lowest BCUT2D eigenvalue weighted by Crippen LogP contribution is -2.36. The highest BCUT2D eigenvalue weighted by Crippen LogP contribution is 2.22. The van der Waals surface area contributed by atoms with Crippen molar-refractivity contribution in [3.05, 3.63) is 71.3 Å². The van der Waals surface area contributed by atoms with Gasteiger partial charge in [0, 0.05) is 6.04 Å². The van der Waals surface area contributed by atoms with Crippen molar-refractivity contribution in [3.63, 3.8) is 0 Å². The predicted octanol–water partition coefficient (Wildman–Crippen LogP) is 3.23. The zero-order valence-corrected chi connectivity index (χ0v) is 12.2. The Balaban J connectivity index is 2.01. The van der Waals surface area contributed by atoms with Gasteiger partial charge in [-0.2, -0.15) is 0 Å².